The molecule has 1 fully saturated rings. The first kappa shape index (κ1) is 23.0. The van der Waals surface area contributed by atoms with E-state index in [2.05, 4.69) is 36.5 Å². The van der Waals surface area contributed by atoms with Crippen LogP contribution in [0, 0.1) is 0 Å². The van der Waals surface area contributed by atoms with Gasteiger partial charge >= 0.3 is 0 Å². The van der Waals surface area contributed by atoms with Crippen LogP contribution in [0.4, 0.5) is 0 Å². The fourth-order valence-corrected chi connectivity index (χ4v) is 3.85. The predicted octanol–water partition coefficient (Wildman–Crippen LogP) is 5.73. The van der Waals surface area contributed by atoms with Crippen LogP contribution in [0.25, 0.3) is 0 Å². The fraction of sp³-hybridized carbons (Fsp3) is 0.478. The molecule has 2 aromatic carbocycles. The lowest BCUT2D eigenvalue weighted by atomic mass is 9.98. The van der Waals surface area contributed by atoms with Crippen molar-refractivity contribution in [1.82, 2.24) is 5.32 Å². The minimum Gasteiger partial charge on any atom is -0.490 e. The maximum Gasteiger partial charge on any atom is 0.119 e. The van der Waals surface area contributed by atoms with Gasteiger partial charge in [0.25, 0.3) is 0 Å². The molecule has 0 saturated heterocycles. The monoisotopic (exact) mass is 423 g/mol. The maximum atomic E-state index is 10.3. The van der Waals surface area contributed by atoms with E-state index >= 15 is 0 Å². The molecule has 0 amide bonds. The summed E-state index contributed by atoms with van der Waals surface area (Å²) in [4.78, 5) is 0. The van der Waals surface area contributed by atoms with E-state index in [1.165, 1.54) is 37.7 Å². The summed E-state index contributed by atoms with van der Waals surface area (Å²) < 4.78 is 6.09. The Balaban J connectivity index is 0.00000280. The Morgan fingerprint density at radius 3 is 2.50 bits per heavy atom. The second kappa shape index (κ2) is 11.7. The Morgan fingerprint density at radius 1 is 1.11 bits per heavy atom. The summed E-state index contributed by atoms with van der Waals surface area (Å²) in [5.74, 6) is 0.975. The first-order valence-corrected chi connectivity index (χ1v) is 10.4. The largest absolute Gasteiger partial charge is 0.490 e. The van der Waals surface area contributed by atoms with Crippen molar-refractivity contribution in [1.29, 1.82) is 0 Å². The molecule has 1 aliphatic rings. The van der Waals surface area contributed by atoms with Crippen LogP contribution < -0.4 is 10.1 Å². The van der Waals surface area contributed by atoms with Crippen molar-refractivity contribution < 1.29 is 9.84 Å². The molecule has 28 heavy (non-hydrogen) atoms. The van der Waals surface area contributed by atoms with Crippen molar-refractivity contribution in [3.8, 4) is 5.75 Å². The summed E-state index contributed by atoms with van der Waals surface area (Å²) >= 11 is 5.99. The number of hydrogen-bond acceptors (Lipinski definition) is 3. The van der Waals surface area contributed by atoms with Crippen LogP contribution in [0.1, 0.15) is 56.3 Å². The van der Waals surface area contributed by atoms with E-state index in [1.54, 1.807) is 0 Å². The molecule has 0 aromatic heterocycles. The zero-order chi connectivity index (χ0) is 19.1. The minimum atomic E-state index is -0.558. The van der Waals surface area contributed by atoms with E-state index in [1.807, 2.05) is 24.3 Å². The first-order valence-electron chi connectivity index (χ1n) is 10.0. The highest BCUT2D eigenvalue weighted by molar-refractivity contribution is 6.30. The minimum absolute atomic E-state index is 0. The molecule has 0 spiro atoms. The summed E-state index contributed by atoms with van der Waals surface area (Å²) in [6.07, 6.45) is 7.01. The lowest BCUT2D eigenvalue weighted by Gasteiger charge is -2.23. The van der Waals surface area contributed by atoms with Crippen molar-refractivity contribution in [2.75, 3.05) is 6.54 Å². The molecule has 0 aliphatic heterocycles. The van der Waals surface area contributed by atoms with Crippen molar-refractivity contribution in [3.05, 3.63) is 64.7 Å². The third-order valence-corrected chi connectivity index (χ3v) is 5.45. The molecule has 1 saturated carbocycles. The van der Waals surface area contributed by atoms with Gasteiger partial charge in [0.2, 0.25) is 0 Å². The Bertz CT molecular complexity index is 702. The standard InChI is InChI=1S/C23H30ClNO2.ClH/c1-17(25-16-23(26)19-6-5-7-20(24)15-19)14-18-10-12-22(13-11-18)27-21-8-3-2-4-9-21;/h5-7,10-13,15,17,21,23,25-26H,2-4,8-9,14,16H2,1H3;1H. The molecule has 5 heteroatoms. The number of aliphatic hydroxyl groups excluding tert-OH is 1. The Labute approximate surface area is 179 Å². The Morgan fingerprint density at radius 2 is 1.82 bits per heavy atom. The zero-order valence-corrected chi connectivity index (χ0v) is 18.0. The molecule has 2 unspecified atom stereocenters. The van der Waals surface area contributed by atoms with Gasteiger partial charge in [-0.2, -0.15) is 0 Å². The molecule has 2 aromatic rings. The molecule has 1 aliphatic carbocycles. The van der Waals surface area contributed by atoms with Gasteiger partial charge in [0.05, 0.1) is 12.2 Å². The molecule has 0 radical (unpaired) electrons. The SMILES string of the molecule is CC(Cc1ccc(OC2CCCCC2)cc1)NCC(O)c1cccc(Cl)c1.Cl. The summed E-state index contributed by atoms with van der Waals surface area (Å²) in [6.45, 7) is 2.64. The third-order valence-electron chi connectivity index (χ3n) is 5.21. The number of nitrogens with one attached hydrogen (secondary N) is 1. The van der Waals surface area contributed by atoms with Crippen LogP contribution in [0.5, 0.6) is 5.75 Å². The van der Waals surface area contributed by atoms with Gasteiger partial charge in [-0.1, -0.05) is 42.3 Å². The van der Waals surface area contributed by atoms with Crippen LogP contribution in [0.15, 0.2) is 48.5 Å². The summed E-state index contributed by atoms with van der Waals surface area (Å²) in [7, 11) is 0. The quantitative estimate of drug-likeness (QED) is 0.569. The lowest BCUT2D eigenvalue weighted by molar-refractivity contribution is 0.155. The Kier molecular flexibility index (Phi) is 9.60. The predicted molar refractivity (Wildman–Crippen MR) is 119 cm³/mol. The topological polar surface area (TPSA) is 41.5 Å². The highest BCUT2D eigenvalue weighted by atomic mass is 35.5. The molecule has 0 heterocycles. The van der Waals surface area contributed by atoms with Crippen LogP contribution in [0.3, 0.4) is 0 Å². The number of benzene rings is 2. The summed E-state index contributed by atoms with van der Waals surface area (Å²) in [6, 6.07) is 16.1. The van der Waals surface area contributed by atoms with Crippen molar-refractivity contribution in [2.45, 2.75) is 63.7 Å². The summed E-state index contributed by atoms with van der Waals surface area (Å²) in [5.41, 5.74) is 2.11. The van der Waals surface area contributed by atoms with Crippen LogP contribution in [0.2, 0.25) is 5.02 Å². The molecular weight excluding hydrogens is 393 g/mol. The summed E-state index contributed by atoms with van der Waals surface area (Å²) in [5, 5.41) is 14.4. The van der Waals surface area contributed by atoms with Gasteiger partial charge in [-0.15, -0.1) is 12.4 Å². The van der Waals surface area contributed by atoms with Gasteiger partial charge < -0.3 is 15.2 Å². The van der Waals surface area contributed by atoms with E-state index in [0.29, 0.717) is 17.7 Å². The van der Waals surface area contributed by atoms with Crippen molar-refractivity contribution >= 4 is 24.0 Å². The van der Waals surface area contributed by atoms with Crippen LogP contribution in [-0.4, -0.2) is 23.8 Å². The molecular formula is C23H31Cl2NO2. The number of ether oxygens (including phenoxy) is 1. The van der Waals surface area contributed by atoms with E-state index in [-0.39, 0.29) is 18.4 Å². The average molecular weight is 424 g/mol. The normalized spacial score (nSPS) is 16.8. The van der Waals surface area contributed by atoms with E-state index in [0.717, 1.165) is 17.7 Å². The average Bonchev–Trinajstić information content (AvgIpc) is 2.68. The lowest BCUT2D eigenvalue weighted by Crippen LogP contribution is -2.32. The molecule has 154 valence electrons. The number of halogens is 2. The Hall–Kier alpha value is -1.26. The smallest absolute Gasteiger partial charge is 0.119 e. The zero-order valence-electron chi connectivity index (χ0n) is 16.4. The fourth-order valence-electron chi connectivity index (χ4n) is 3.65. The van der Waals surface area contributed by atoms with E-state index in [4.69, 9.17) is 16.3 Å². The number of rotatable bonds is 8. The number of hydrogen-bond donors (Lipinski definition) is 2. The second-order valence-corrected chi connectivity index (χ2v) is 8.04. The highest BCUT2D eigenvalue weighted by Crippen LogP contribution is 2.24. The van der Waals surface area contributed by atoms with Crippen LogP contribution in [-0.2, 0) is 6.42 Å². The van der Waals surface area contributed by atoms with Crippen molar-refractivity contribution in [2.24, 2.45) is 0 Å². The highest BCUT2D eigenvalue weighted by Gasteiger charge is 2.15. The molecule has 3 rings (SSSR count). The van der Waals surface area contributed by atoms with Gasteiger partial charge in [0.15, 0.2) is 0 Å². The van der Waals surface area contributed by atoms with Gasteiger partial charge in [-0.05, 0) is 74.4 Å². The maximum absolute atomic E-state index is 10.3. The van der Waals surface area contributed by atoms with Gasteiger partial charge in [0.1, 0.15) is 5.75 Å². The third kappa shape index (κ3) is 7.29. The van der Waals surface area contributed by atoms with Crippen molar-refractivity contribution in [3.63, 3.8) is 0 Å². The first-order chi connectivity index (χ1) is 13.1. The molecule has 3 nitrogen and oxygen atoms in total. The van der Waals surface area contributed by atoms with Gasteiger partial charge in [0, 0.05) is 17.6 Å². The molecule has 2 N–H and O–H groups in total. The van der Waals surface area contributed by atoms with Crippen LogP contribution >= 0.6 is 24.0 Å². The van der Waals surface area contributed by atoms with E-state index < -0.39 is 6.10 Å². The molecule has 2 atom stereocenters. The van der Waals surface area contributed by atoms with E-state index in [9.17, 15) is 5.11 Å². The van der Waals surface area contributed by atoms with Gasteiger partial charge in [-0.25, -0.2) is 0 Å². The molecule has 0 bridgehead atoms. The van der Waals surface area contributed by atoms with Gasteiger partial charge in [-0.3, -0.25) is 0 Å². The number of aliphatic hydroxyl groups is 1. The second-order valence-electron chi connectivity index (χ2n) is 7.61.